The van der Waals surface area contributed by atoms with Gasteiger partial charge in [-0.25, -0.2) is 4.39 Å². The van der Waals surface area contributed by atoms with Gasteiger partial charge >= 0.3 is 0 Å². The van der Waals surface area contributed by atoms with Gasteiger partial charge in [0.15, 0.2) is 11.6 Å². The third kappa shape index (κ3) is 4.73. The Morgan fingerprint density at radius 1 is 0.923 bits per heavy atom. The molecule has 0 saturated heterocycles. The molecule has 0 bridgehead atoms. The van der Waals surface area contributed by atoms with E-state index in [0.717, 1.165) is 22.3 Å². The van der Waals surface area contributed by atoms with E-state index in [1.165, 1.54) is 18.2 Å². The van der Waals surface area contributed by atoms with Crippen molar-refractivity contribution in [1.29, 1.82) is 0 Å². The van der Waals surface area contributed by atoms with E-state index in [4.69, 9.17) is 4.74 Å². The van der Waals surface area contributed by atoms with Crippen LogP contribution in [-0.4, -0.2) is 22.7 Å². The standard InChI is InChI=1S/C33H34FNO4/c1-32(2,3)21-15-18(16-22(30(21)37)33(4,5)6)17-39-25-12-7-9-19-13-14-24(35-28(19)25)27-29(36)20-10-8-11-23(34)26(20)31(27)38/h7-16,24,27,35,37H,17H2,1-6H3. The molecular formula is C33H34FNO4. The lowest BCUT2D eigenvalue weighted by Crippen LogP contribution is -2.36. The highest BCUT2D eigenvalue weighted by atomic mass is 19.1. The summed E-state index contributed by atoms with van der Waals surface area (Å²) >= 11 is 0. The van der Waals surface area contributed by atoms with Crippen molar-refractivity contribution >= 4 is 23.3 Å². The Hall–Kier alpha value is -3.93. The molecule has 3 aromatic carbocycles. The van der Waals surface area contributed by atoms with E-state index in [1.54, 1.807) is 6.08 Å². The Morgan fingerprint density at radius 2 is 1.56 bits per heavy atom. The van der Waals surface area contributed by atoms with Gasteiger partial charge in [0.05, 0.1) is 17.3 Å². The summed E-state index contributed by atoms with van der Waals surface area (Å²) in [6, 6.07) is 13.1. The number of hydrogen-bond donors (Lipinski definition) is 2. The average molecular weight is 528 g/mol. The number of rotatable bonds is 4. The van der Waals surface area contributed by atoms with Crippen LogP contribution in [0.2, 0.25) is 0 Å². The fraction of sp³-hybridized carbons (Fsp3) is 0.333. The summed E-state index contributed by atoms with van der Waals surface area (Å²) < 4.78 is 20.7. The second-order valence-electron chi connectivity index (χ2n) is 12.4. The lowest BCUT2D eigenvalue weighted by molar-refractivity contribution is 0.0832. The minimum absolute atomic E-state index is 0.130. The summed E-state index contributed by atoms with van der Waals surface area (Å²) in [4.78, 5) is 26.2. The first kappa shape index (κ1) is 26.7. The van der Waals surface area contributed by atoms with Crippen molar-refractivity contribution in [2.24, 2.45) is 5.92 Å². The predicted octanol–water partition coefficient (Wildman–Crippen LogP) is 7.21. The van der Waals surface area contributed by atoms with E-state index in [-0.39, 0.29) is 34.3 Å². The topological polar surface area (TPSA) is 75.6 Å². The molecule has 0 fully saturated rings. The number of ether oxygens (including phenoxy) is 1. The Balaban J connectivity index is 1.43. The Labute approximate surface area is 228 Å². The van der Waals surface area contributed by atoms with E-state index in [9.17, 15) is 19.1 Å². The van der Waals surface area contributed by atoms with Crippen LogP contribution in [0, 0.1) is 11.7 Å². The smallest absolute Gasteiger partial charge is 0.179 e. The number of halogens is 1. The first-order valence-electron chi connectivity index (χ1n) is 13.2. The van der Waals surface area contributed by atoms with Crippen LogP contribution in [0.5, 0.6) is 11.5 Å². The van der Waals surface area contributed by atoms with Crippen molar-refractivity contribution in [2.45, 2.75) is 65.0 Å². The van der Waals surface area contributed by atoms with Crippen LogP contribution in [0.25, 0.3) is 6.08 Å². The van der Waals surface area contributed by atoms with Crippen LogP contribution in [0.3, 0.4) is 0 Å². The number of nitrogens with one attached hydrogen (secondary N) is 1. The van der Waals surface area contributed by atoms with Crippen LogP contribution < -0.4 is 10.1 Å². The lowest BCUT2D eigenvalue weighted by atomic mass is 9.78. The molecule has 3 aromatic rings. The number of hydrogen-bond acceptors (Lipinski definition) is 5. The van der Waals surface area contributed by atoms with Gasteiger partial charge in [-0.05, 0) is 51.8 Å². The summed E-state index contributed by atoms with van der Waals surface area (Å²) in [6.07, 6.45) is 3.64. The summed E-state index contributed by atoms with van der Waals surface area (Å²) in [5.74, 6) is -1.72. The maximum absolute atomic E-state index is 14.4. The van der Waals surface area contributed by atoms with Crippen LogP contribution in [0.1, 0.15) is 84.5 Å². The van der Waals surface area contributed by atoms with Gasteiger partial charge in [0.25, 0.3) is 0 Å². The van der Waals surface area contributed by atoms with Gasteiger partial charge in [-0.1, -0.05) is 78.0 Å². The minimum Gasteiger partial charge on any atom is -0.507 e. The van der Waals surface area contributed by atoms with Gasteiger partial charge in [0.1, 0.15) is 29.8 Å². The Kier molecular flexibility index (Phi) is 6.41. The molecule has 2 N–H and O–H groups in total. The van der Waals surface area contributed by atoms with Crippen molar-refractivity contribution in [3.05, 3.63) is 93.8 Å². The summed E-state index contributed by atoms with van der Waals surface area (Å²) in [5, 5.41) is 14.4. The van der Waals surface area contributed by atoms with E-state index in [1.807, 2.05) is 36.4 Å². The van der Waals surface area contributed by atoms with Gasteiger partial charge in [0.2, 0.25) is 0 Å². The number of carbonyl (C=O) groups is 2. The normalized spacial score (nSPS) is 18.5. The molecule has 1 aliphatic carbocycles. The SMILES string of the molecule is CC(C)(C)c1cc(COc2cccc3c2NC(C2C(=O)c4cccc(F)c4C2=O)C=C3)cc(C(C)(C)C)c1O. The number of anilines is 1. The van der Waals surface area contributed by atoms with Gasteiger partial charge in [0, 0.05) is 11.1 Å². The summed E-state index contributed by atoms with van der Waals surface area (Å²) in [5.41, 5.74) is 3.66. The van der Waals surface area contributed by atoms with Crippen molar-refractivity contribution in [2.75, 3.05) is 5.32 Å². The third-order valence-corrected chi connectivity index (χ3v) is 7.48. The molecule has 39 heavy (non-hydrogen) atoms. The zero-order valence-corrected chi connectivity index (χ0v) is 23.2. The van der Waals surface area contributed by atoms with Gasteiger partial charge in [-0.3, -0.25) is 9.59 Å². The Bertz CT molecular complexity index is 1490. The van der Waals surface area contributed by atoms with Gasteiger partial charge in [-0.15, -0.1) is 0 Å². The minimum atomic E-state index is -1.05. The van der Waals surface area contributed by atoms with E-state index < -0.39 is 23.6 Å². The number of phenolic OH excluding ortho intramolecular Hbond substituents is 1. The monoisotopic (exact) mass is 527 g/mol. The molecule has 0 aromatic heterocycles. The molecule has 0 radical (unpaired) electrons. The zero-order chi connectivity index (χ0) is 28.3. The zero-order valence-electron chi connectivity index (χ0n) is 23.2. The molecule has 0 spiro atoms. The summed E-state index contributed by atoms with van der Waals surface area (Å²) in [6.45, 7) is 12.7. The quantitative estimate of drug-likeness (QED) is 0.351. The number of carbonyl (C=O) groups excluding carboxylic acids is 2. The second-order valence-corrected chi connectivity index (χ2v) is 12.4. The number of phenols is 1. The van der Waals surface area contributed by atoms with E-state index in [2.05, 4.69) is 46.9 Å². The lowest BCUT2D eigenvalue weighted by Gasteiger charge is -2.29. The van der Waals surface area contributed by atoms with Crippen LogP contribution in [0.4, 0.5) is 10.1 Å². The van der Waals surface area contributed by atoms with Crippen LogP contribution >= 0.6 is 0 Å². The predicted molar refractivity (Wildman–Crippen MR) is 151 cm³/mol. The molecule has 5 rings (SSSR count). The summed E-state index contributed by atoms with van der Waals surface area (Å²) in [7, 11) is 0. The highest BCUT2D eigenvalue weighted by Crippen LogP contribution is 2.41. The number of para-hydroxylation sites is 1. The molecule has 2 unspecified atom stereocenters. The first-order valence-corrected chi connectivity index (χ1v) is 13.2. The Morgan fingerprint density at radius 3 is 2.18 bits per heavy atom. The average Bonchev–Trinajstić information content (AvgIpc) is 3.12. The van der Waals surface area contributed by atoms with Crippen LogP contribution in [-0.2, 0) is 17.4 Å². The number of ketones is 2. The number of Topliss-reactive ketones (excluding diaryl/α,β-unsaturated/α-hetero) is 2. The highest BCUT2D eigenvalue weighted by molar-refractivity contribution is 6.27. The molecule has 0 saturated carbocycles. The third-order valence-electron chi connectivity index (χ3n) is 7.48. The molecule has 0 amide bonds. The molecular weight excluding hydrogens is 493 g/mol. The molecule has 1 heterocycles. The van der Waals surface area contributed by atoms with Gasteiger partial charge in [-0.2, -0.15) is 0 Å². The van der Waals surface area contributed by atoms with Gasteiger partial charge < -0.3 is 15.2 Å². The van der Waals surface area contributed by atoms with Crippen molar-refractivity contribution < 1.29 is 23.8 Å². The fourth-order valence-electron chi connectivity index (χ4n) is 5.41. The van der Waals surface area contributed by atoms with Crippen molar-refractivity contribution in [3.8, 4) is 11.5 Å². The fourth-order valence-corrected chi connectivity index (χ4v) is 5.41. The highest BCUT2D eigenvalue weighted by Gasteiger charge is 2.45. The van der Waals surface area contributed by atoms with Crippen LogP contribution in [0.15, 0.2) is 54.6 Å². The maximum Gasteiger partial charge on any atom is 0.179 e. The number of fused-ring (bicyclic) bond motifs is 2. The molecule has 202 valence electrons. The van der Waals surface area contributed by atoms with Crippen molar-refractivity contribution in [3.63, 3.8) is 0 Å². The molecule has 1 aliphatic heterocycles. The number of aromatic hydroxyl groups is 1. The second kappa shape index (κ2) is 9.37. The molecule has 6 heteroatoms. The largest absolute Gasteiger partial charge is 0.507 e. The molecule has 2 aliphatic rings. The maximum atomic E-state index is 14.4. The number of benzene rings is 3. The van der Waals surface area contributed by atoms with E-state index in [0.29, 0.717) is 17.2 Å². The van der Waals surface area contributed by atoms with E-state index >= 15 is 0 Å². The molecule has 5 nitrogen and oxygen atoms in total. The van der Waals surface area contributed by atoms with Crippen molar-refractivity contribution in [1.82, 2.24) is 0 Å². The first-order chi connectivity index (χ1) is 18.3. The molecule has 2 atom stereocenters.